The van der Waals surface area contributed by atoms with Gasteiger partial charge in [-0.3, -0.25) is 9.78 Å². The van der Waals surface area contributed by atoms with Crippen molar-refractivity contribution in [2.24, 2.45) is 0 Å². The minimum Gasteiger partial charge on any atom is -0.481 e. The zero-order chi connectivity index (χ0) is 14.2. The maximum Gasteiger partial charge on any atom is 0.303 e. The molecule has 0 bridgehead atoms. The highest BCUT2D eigenvalue weighted by Crippen LogP contribution is 2.27. The number of carboxylic acids is 1. The molecule has 0 radical (unpaired) electrons. The lowest BCUT2D eigenvalue weighted by atomic mass is 10.0. The molecule has 104 valence electrons. The Morgan fingerprint density at radius 3 is 2.85 bits per heavy atom. The third-order valence-electron chi connectivity index (χ3n) is 2.95. The Morgan fingerprint density at radius 2 is 2.20 bits per heavy atom. The summed E-state index contributed by atoms with van der Waals surface area (Å²) in [4.78, 5) is 15.9. The van der Waals surface area contributed by atoms with Gasteiger partial charge in [0, 0.05) is 29.3 Å². The first-order chi connectivity index (χ1) is 9.77. The monoisotopic (exact) mass is 287 g/mol. The molecule has 20 heavy (non-hydrogen) atoms. The third kappa shape index (κ3) is 4.31. The number of rotatable bonds is 7. The fourth-order valence-electron chi connectivity index (χ4n) is 1.98. The molecule has 0 aliphatic carbocycles. The number of aliphatic carboxylic acids is 1. The highest BCUT2D eigenvalue weighted by molar-refractivity contribution is 7.11. The van der Waals surface area contributed by atoms with Crippen molar-refractivity contribution in [3.05, 3.63) is 58.6 Å². The molecule has 3 nitrogen and oxygen atoms in total. The maximum absolute atomic E-state index is 10.5. The highest BCUT2D eigenvalue weighted by atomic mass is 32.1. The second-order valence-electron chi connectivity index (χ2n) is 4.48. The molecule has 0 spiro atoms. The Balaban J connectivity index is 2.06. The summed E-state index contributed by atoms with van der Waals surface area (Å²) in [6.07, 6.45) is 8.55. The van der Waals surface area contributed by atoms with Gasteiger partial charge in [0.2, 0.25) is 0 Å². The van der Waals surface area contributed by atoms with E-state index < -0.39 is 5.97 Å². The van der Waals surface area contributed by atoms with Crippen molar-refractivity contribution < 1.29 is 9.90 Å². The van der Waals surface area contributed by atoms with Crippen LogP contribution in [0.2, 0.25) is 0 Å². The number of nitrogens with zero attached hydrogens (tertiary/aromatic N) is 1. The van der Waals surface area contributed by atoms with Gasteiger partial charge in [0.25, 0.3) is 0 Å². The lowest BCUT2D eigenvalue weighted by molar-refractivity contribution is -0.137. The van der Waals surface area contributed by atoms with Crippen LogP contribution in [0.25, 0.3) is 5.57 Å². The Labute approximate surface area is 122 Å². The predicted molar refractivity (Wildman–Crippen MR) is 81.7 cm³/mol. The van der Waals surface area contributed by atoms with E-state index in [1.54, 1.807) is 17.5 Å². The molecule has 4 heteroatoms. The fourth-order valence-corrected chi connectivity index (χ4v) is 2.77. The van der Waals surface area contributed by atoms with Gasteiger partial charge in [-0.1, -0.05) is 18.2 Å². The van der Waals surface area contributed by atoms with Gasteiger partial charge in [0.15, 0.2) is 0 Å². The van der Waals surface area contributed by atoms with E-state index in [0.717, 1.165) is 24.8 Å². The van der Waals surface area contributed by atoms with Gasteiger partial charge >= 0.3 is 5.97 Å². The van der Waals surface area contributed by atoms with Crippen LogP contribution in [0.5, 0.6) is 0 Å². The lowest BCUT2D eigenvalue weighted by Gasteiger charge is -2.05. The van der Waals surface area contributed by atoms with Gasteiger partial charge in [-0.2, -0.15) is 0 Å². The summed E-state index contributed by atoms with van der Waals surface area (Å²) in [5.41, 5.74) is 2.29. The molecule has 0 unspecified atom stereocenters. The molecule has 0 saturated carbocycles. The molecule has 0 aliphatic heterocycles. The van der Waals surface area contributed by atoms with E-state index in [1.807, 2.05) is 18.3 Å². The average Bonchev–Trinajstić information content (AvgIpc) is 2.97. The van der Waals surface area contributed by atoms with E-state index in [9.17, 15) is 4.79 Å². The van der Waals surface area contributed by atoms with E-state index in [-0.39, 0.29) is 6.42 Å². The number of aromatic nitrogens is 1. The normalized spacial score (nSPS) is 11.5. The molecule has 2 aromatic rings. The fraction of sp³-hybridized carbons (Fsp3) is 0.250. The molecule has 0 amide bonds. The molecular formula is C16H17NO2S. The van der Waals surface area contributed by atoms with Crippen molar-refractivity contribution in [2.45, 2.75) is 25.7 Å². The molecular weight excluding hydrogens is 270 g/mol. The number of allylic oxidation sites excluding steroid dienone is 1. The second-order valence-corrected chi connectivity index (χ2v) is 5.42. The summed E-state index contributed by atoms with van der Waals surface area (Å²) in [6, 6.07) is 8.12. The van der Waals surface area contributed by atoms with Crippen LogP contribution in [-0.2, 0) is 4.79 Å². The molecule has 0 atom stereocenters. The van der Waals surface area contributed by atoms with E-state index in [1.165, 1.54) is 10.5 Å². The third-order valence-corrected chi connectivity index (χ3v) is 3.86. The lowest BCUT2D eigenvalue weighted by Crippen LogP contribution is -1.93. The SMILES string of the molecule is O=C(O)CCCC/C=C(\c1cccnc1)c1cccs1. The molecule has 0 aromatic carbocycles. The quantitative estimate of drug-likeness (QED) is 0.776. The first kappa shape index (κ1) is 14.5. The van der Waals surface area contributed by atoms with Crippen LogP contribution >= 0.6 is 11.3 Å². The van der Waals surface area contributed by atoms with Crippen molar-refractivity contribution in [3.8, 4) is 0 Å². The smallest absolute Gasteiger partial charge is 0.303 e. The first-order valence-corrected chi connectivity index (χ1v) is 7.51. The largest absolute Gasteiger partial charge is 0.481 e. The number of pyridine rings is 1. The average molecular weight is 287 g/mol. The van der Waals surface area contributed by atoms with E-state index >= 15 is 0 Å². The molecule has 1 N–H and O–H groups in total. The summed E-state index contributed by atoms with van der Waals surface area (Å²) < 4.78 is 0. The Bertz CT molecular complexity index is 561. The predicted octanol–water partition coefficient (Wildman–Crippen LogP) is 4.22. The van der Waals surface area contributed by atoms with Gasteiger partial charge in [0.05, 0.1) is 0 Å². The number of hydrogen-bond donors (Lipinski definition) is 1. The van der Waals surface area contributed by atoms with Crippen molar-refractivity contribution >= 4 is 22.9 Å². The zero-order valence-electron chi connectivity index (χ0n) is 11.2. The second kappa shape index (κ2) is 7.60. The van der Waals surface area contributed by atoms with Crippen molar-refractivity contribution in [2.75, 3.05) is 0 Å². The molecule has 0 fully saturated rings. The highest BCUT2D eigenvalue weighted by Gasteiger charge is 2.05. The van der Waals surface area contributed by atoms with Crippen LogP contribution in [0.4, 0.5) is 0 Å². The molecule has 0 saturated heterocycles. The Kier molecular flexibility index (Phi) is 5.50. The van der Waals surface area contributed by atoms with Gasteiger partial charge in [-0.15, -0.1) is 11.3 Å². The molecule has 2 rings (SSSR count). The van der Waals surface area contributed by atoms with Crippen LogP contribution in [0, 0.1) is 0 Å². The molecule has 2 aromatic heterocycles. The maximum atomic E-state index is 10.5. The van der Waals surface area contributed by atoms with Crippen LogP contribution in [0.1, 0.15) is 36.1 Å². The minimum atomic E-state index is -0.722. The molecule has 0 aliphatic rings. The summed E-state index contributed by atoms with van der Waals surface area (Å²) in [7, 11) is 0. The van der Waals surface area contributed by atoms with Gasteiger partial charge in [0.1, 0.15) is 0 Å². The van der Waals surface area contributed by atoms with Crippen molar-refractivity contribution in [3.63, 3.8) is 0 Å². The number of unbranched alkanes of at least 4 members (excludes halogenated alkanes) is 2. The van der Waals surface area contributed by atoms with Gasteiger partial charge in [-0.05, 0) is 42.3 Å². The first-order valence-electron chi connectivity index (χ1n) is 6.63. The summed E-state index contributed by atoms with van der Waals surface area (Å²) in [5, 5.41) is 10.7. The van der Waals surface area contributed by atoms with Crippen LogP contribution in [0.3, 0.4) is 0 Å². The van der Waals surface area contributed by atoms with Crippen molar-refractivity contribution in [1.82, 2.24) is 4.98 Å². The number of hydrogen-bond acceptors (Lipinski definition) is 3. The standard InChI is InChI=1S/C16H17NO2S/c18-16(19)9-3-1-2-7-14(15-8-5-11-20-15)13-6-4-10-17-12-13/h4-8,10-12H,1-3,9H2,(H,18,19)/b14-7+. The Hall–Kier alpha value is -1.94. The summed E-state index contributed by atoms with van der Waals surface area (Å²) in [6.45, 7) is 0. The van der Waals surface area contributed by atoms with E-state index in [2.05, 4.69) is 28.6 Å². The van der Waals surface area contributed by atoms with Gasteiger partial charge < -0.3 is 5.11 Å². The van der Waals surface area contributed by atoms with E-state index in [0.29, 0.717) is 0 Å². The number of carboxylic acid groups (broad SMARTS) is 1. The van der Waals surface area contributed by atoms with Crippen LogP contribution in [-0.4, -0.2) is 16.1 Å². The minimum absolute atomic E-state index is 0.245. The number of thiophene rings is 1. The number of carbonyl (C=O) groups is 1. The summed E-state index contributed by atoms with van der Waals surface area (Å²) >= 11 is 1.70. The Morgan fingerprint density at radius 1 is 1.30 bits per heavy atom. The topological polar surface area (TPSA) is 50.2 Å². The summed E-state index contributed by atoms with van der Waals surface area (Å²) in [5.74, 6) is -0.722. The zero-order valence-corrected chi connectivity index (χ0v) is 12.0. The van der Waals surface area contributed by atoms with Crippen LogP contribution < -0.4 is 0 Å². The molecule has 2 heterocycles. The van der Waals surface area contributed by atoms with Crippen molar-refractivity contribution in [1.29, 1.82) is 0 Å². The van der Waals surface area contributed by atoms with E-state index in [4.69, 9.17) is 5.11 Å². The van der Waals surface area contributed by atoms with Crippen LogP contribution in [0.15, 0.2) is 48.1 Å². The van der Waals surface area contributed by atoms with Gasteiger partial charge in [-0.25, -0.2) is 0 Å².